The maximum absolute atomic E-state index is 13.4. The molecule has 25 heavy (non-hydrogen) atoms. The van der Waals surface area contributed by atoms with Gasteiger partial charge in [0.2, 0.25) is 0 Å². The standard InChI is InChI=1S/C16H23N5O4/c1-15(2)13(11-7-6-10-25-11)20(23)16(21(15)24)9-5-3-4-8-12(16)18-19-14(17)22/h6-7,10,24H,3-5,8-9H2,1-2H3,(H3,17,19,22)/b18-12-/t16-/m1/s1. The number of hydroxylamine groups is 3. The molecular formula is C16H23N5O4. The van der Waals surface area contributed by atoms with E-state index in [4.69, 9.17) is 10.2 Å². The second-order valence-corrected chi connectivity index (χ2v) is 6.90. The van der Waals surface area contributed by atoms with Gasteiger partial charge < -0.3 is 20.6 Å². The first-order valence-corrected chi connectivity index (χ1v) is 8.32. The summed E-state index contributed by atoms with van der Waals surface area (Å²) < 4.78 is 6.20. The molecule has 2 aliphatic rings. The zero-order chi connectivity index (χ0) is 18.2. The second-order valence-electron chi connectivity index (χ2n) is 6.90. The average molecular weight is 349 g/mol. The SMILES string of the molecule is CC1(C)C(c2ccco2)=[N+]([O-])[C@]2(CCCCC/C2=N/NC(N)=O)N1O. The third-order valence-corrected chi connectivity index (χ3v) is 4.96. The second kappa shape index (κ2) is 6.16. The van der Waals surface area contributed by atoms with Gasteiger partial charge in [-0.1, -0.05) is 6.42 Å². The lowest BCUT2D eigenvalue weighted by atomic mass is 9.94. The maximum Gasteiger partial charge on any atom is 0.332 e. The van der Waals surface area contributed by atoms with E-state index in [0.29, 0.717) is 30.0 Å². The number of nitrogens with two attached hydrogens (primary N) is 1. The highest BCUT2D eigenvalue weighted by Crippen LogP contribution is 2.41. The fraction of sp³-hybridized carbons (Fsp3) is 0.562. The Bertz CT molecular complexity index is 725. The summed E-state index contributed by atoms with van der Waals surface area (Å²) in [5.74, 6) is 0.391. The van der Waals surface area contributed by atoms with E-state index in [1.807, 2.05) is 0 Å². The average Bonchev–Trinajstić information content (AvgIpc) is 3.02. The molecular weight excluding hydrogens is 326 g/mol. The van der Waals surface area contributed by atoms with E-state index in [0.717, 1.165) is 29.1 Å². The molecule has 9 heteroatoms. The normalized spacial score (nSPS) is 28.5. The van der Waals surface area contributed by atoms with Crippen LogP contribution in [0, 0.1) is 5.21 Å². The fourth-order valence-electron chi connectivity index (χ4n) is 3.80. The van der Waals surface area contributed by atoms with E-state index < -0.39 is 17.2 Å². The van der Waals surface area contributed by atoms with E-state index in [1.54, 1.807) is 26.0 Å². The van der Waals surface area contributed by atoms with Gasteiger partial charge in [0, 0.05) is 6.42 Å². The van der Waals surface area contributed by atoms with Crippen LogP contribution in [0.2, 0.25) is 0 Å². The van der Waals surface area contributed by atoms with Crippen molar-refractivity contribution >= 4 is 17.5 Å². The largest absolute Gasteiger partial charge is 0.622 e. The molecule has 1 aromatic heterocycles. The number of carbonyl (C=O) groups is 1. The highest BCUT2D eigenvalue weighted by atomic mass is 16.6. The van der Waals surface area contributed by atoms with Gasteiger partial charge in [-0.15, -0.1) is 5.06 Å². The number of hydrogen-bond donors (Lipinski definition) is 3. The highest BCUT2D eigenvalue weighted by molar-refractivity contribution is 6.05. The zero-order valence-electron chi connectivity index (χ0n) is 14.4. The zero-order valence-corrected chi connectivity index (χ0v) is 14.4. The van der Waals surface area contributed by atoms with Crippen molar-refractivity contribution in [2.24, 2.45) is 10.8 Å². The number of amides is 2. The van der Waals surface area contributed by atoms with E-state index >= 15 is 0 Å². The van der Waals surface area contributed by atoms with E-state index in [2.05, 4.69) is 10.5 Å². The monoisotopic (exact) mass is 349 g/mol. The van der Waals surface area contributed by atoms with Crippen LogP contribution in [0.25, 0.3) is 0 Å². The van der Waals surface area contributed by atoms with E-state index in [1.165, 1.54) is 6.26 Å². The fourth-order valence-corrected chi connectivity index (χ4v) is 3.80. The summed E-state index contributed by atoms with van der Waals surface area (Å²) in [4.78, 5) is 11.1. The lowest BCUT2D eigenvalue weighted by Crippen LogP contribution is -2.59. The predicted octanol–water partition coefficient (Wildman–Crippen LogP) is 1.75. The highest BCUT2D eigenvalue weighted by Gasteiger charge is 2.65. The molecule has 3 rings (SSSR count). The van der Waals surface area contributed by atoms with Gasteiger partial charge in [-0.25, -0.2) is 10.2 Å². The summed E-state index contributed by atoms with van der Waals surface area (Å²) >= 11 is 0. The van der Waals surface area contributed by atoms with Gasteiger partial charge in [0.15, 0.2) is 5.76 Å². The molecule has 1 spiro atoms. The Morgan fingerprint density at radius 3 is 2.88 bits per heavy atom. The number of nitrogens with one attached hydrogen (secondary N) is 1. The topological polar surface area (TPSA) is 130 Å². The number of primary amides is 1. The summed E-state index contributed by atoms with van der Waals surface area (Å²) in [6.07, 6.45) is 4.77. The molecule has 1 atom stereocenters. The molecule has 1 fully saturated rings. The summed E-state index contributed by atoms with van der Waals surface area (Å²) in [6, 6.07) is 2.56. The predicted molar refractivity (Wildman–Crippen MR) is 90.1 cm³/mol. The Morgan fingerprint density at radius 1 is 1.48 bits per heavy atom. The van der Waals surface area contributed by atoms with Crippen molar-refractivity contribution in [3.8, 4) is 0 Å². The van der Waals surface area contributed by atoms with Crippen LogP contribution in [0.15, 0.2) is 27.9 Å². The summed E-state index contributed by atoms with van der Waals surface area (Å²) in [5, 5.41) is 29.5. The first kappa shape index (κ1) is 17.4. The molecule has 2 amide bonds. The van der Waals surface area contributed by atoms with Crippen LogP contribution >= 0.6 is 0 Å². The first-order chi connectivity index (χ1) is 11.8. The van der Waals surface area contributed by atoms with Crippen LogP contribution in [-0.4, -0.2) is 43.7 Å². The molecule has 0 bridgehead atoms. The summed E-state index contributed by atoms with van der Waals surface area (Å²) in [7, 11) is 0. The number of hydrogen-bond acceptors (Lipinski definition) is 6. The van der Waals surface area contributed by atoms with Crippen molar-refractivity contribution in [1.82, 2.24) is 10.5 Å². The molecule has 1 saturated carbocycles. The molecule has 0 unspecified atom stereocenters. The Labute approximate surface area is 145 Å². The number of rotatable bonds is 2. The Kier molecular flexibility index (Phi) is 4.29. The van der Waals surface area contributed by atoms with Crippen LogP contribution in [0.4, 0.5) is 4.79 Å². The van der Waals surface area contributed by atoms with Crippen LogP contribution in [-0.2, 0) is 0 Å². The number of furan rings is 1. The molecule has 9 nitrogen and oxygen atoms in total. The maximum atomic E-state index is 13.4. The molecule has 2 heterocycles. The van der Waals surface area contributed by atoms with Gasteiger partial charge in [0.25, 0.3) is 11.4 Å². The van der Waals surface area contributed by atoms with Gasteiger partial charge in [0.1, 0.15) is 11.3 Å². The molecule has 1 aliphatic heterocycles. The van der Waals surface area contributed by atoms with Gasteiger partial charge in [-0.05, 0) is 45.2 Å². The van der Waals surface area contributed by atoms with Crippen molar-refractivity contribution in [3.63, 3.8) is 0 Å². The van der Waals surface area contributed by atoms with E-state index in [-0.39, 0.29) is 0 Å². The van der Waals surface area contributed by atoms with Crippen LogP contribution in [0.3, 0.4) is 0 Å². The van der Waals surface area contributed by atoms with Gasteiger partial charge >= 0.3 is 6.03 Å². The van der Waals surface area contributed by atoms with Crippen LogP contribution in [0.1, 0.15) is 51.7 Å². The molecule has 4 N–H and O–H groups in total. The van der Waals surface area contributed by atoms with Crippen molar-refractivity contribution in [2.45, 2.75) is 57.2 Å². The summed E-state index contributed by atoms with van der Waals surface area (Å²) in [5.41, 5.74) is 5.62. The van der Waals surface area contributed by atoms with E-state index in [9.17, 15) is 15.2 Å². The van der Waals surface area contributed by atoms with Gasteiger partial charge in [-0.2, -0.15) is 9.84 Å². The molecule has 1 aromatic rings. The van der Waals surface area contributed by atoms with Crippen LogP contribution in [0.5, 0.6) is 0 Å². The molecule has 0 saturated heterocycles. The van der Waals surface area contributed by atoms with Crippen molar-refractivity contribution < 1.29 is 19.2 Å². The number of carbonyl (C=O) groups excluding carboxylic acids is 1. The Hall–Kier alpha value is -2.39. The third-order valence-electron chi connectivity index (χ3n) is 4.96. The minimum absolute atomic E-state index is 0.314. The molecule has 0 radical (unpaired) electrons. The quantitative estimate of drug-likeness (QED) is 0.425. The Morgan fingerprint density at radius 2 is 2.24 bits per heavy atom. The van der Waals surface area contributed by atoms with Crippen molar-refractivity contribution in [3.05, 3.63) is 29.4 Å². The smallest absolute Gasteiger partial charge is 0.332 e. The van der Waals surface area contributed by atoms with Crippen molar-refractivity contribution in [1.29, 1.82) is 0 Å². The minimum Gasteiger partial charge on any atom is -0.622 e. The lowest BCUT2D eigenvalue weighted by Gasteiger charge is -2.35. The number of urea groups is 1. The molecule has 1 aliphatic carbocycles. The number of nitrogens with zero attached hydrogens (tertiary/aromatic N) is 3. The minimum atomic E-state index is -1.40. The van der Waals surface area contributed by atoms with Gasteiger partial charge in [0.05, 0.1) is 6.26 Å². The first-order valence-electron chi connectivity index (χ1n) is 8.32. The lowest BCUT2D eigenvalue weighted by molar-refractivity contribution is -0.567. The van der Waals surface area contributed by atoms with Crippen molar-refractivity contribution in [2.75, 3.05) is 0 Å². The molecule has 136 valence electrons. The van der Waals surface area contributed by atoms with Crippen LogP contribution < -0.4 is 11.2 Å². The summed E-state index contributed by atoms with van der Waals surface area (Å²) in [6.45, 7) is 3.49. The molecule has 0 aromatic carbocycles. The number of hydrazone groups is 1. The Balaban J connectivity index is 2.19. The van der Waals surface area contributed by atoms with Gasteiger partial charge in [-0.3, -0.25) is 0 Å². The third kappa shape index (κ3) is 2.59.